The van der Waals surface area contributed by atoms with E-state index in [1.54, 1.807) is 12.1 Å². The lowest BCUT2D eigenvalue weighted by molar-refractivity contribution is -0.274. The number of nitrogens with zero attached hydrogens (tertiary/aromatic N) is 2. The second-order valence-corrected chi connectivity index (χ2v) is 5.53. The molecule has 1 aliphatic rings. The van der Waals surface area contributed by atoms with Crippen LogP contribution in [0.25, 0.3) is 0 Å². The summed E-state index contributed by atoms with van der Waals surface area (Å²) in [5.74, 6) is 1.17. The van der Waals surface area contributed by atoms with Crippen LogP contribution in [-0.2, 0) is 6.54 Å². The van der Waals surface area contributed by atoms with Gasteiger partial charge in [0, 0.05) is 24.0 Å². The Kier molecular flexibility index (Phi) is 3.71. The predicted molar refractivity (Wildman–Crippen MR) is 72.3 cm³/mol. The van der Waals surface area contributed by atoms with Gasteiger partial charge in [-0.05, 0) is 30.5 Å². The van der Waals surface area contributed by atoms with Gasteiger partial charge in [0.15, 0.2) is 0 Å². The fraction of sp³-hybridized carbons (Fsp3) is 0.385. The molecular weight excluding hydrogens is 303 g/mol. The molecular formula is C13H12F3N3OS. The van der Waals surface area contributed by atoms with E-state index in [0.717, 1.165) is 29.4 Å². The first-order chi connectivity index (χ1) is 9.99. The van der Waals surface area contributed by atoms with Gasteiger partial charge >= 0.3 is 6.36 Å². The third-order valence-electron chi connectivity index (χ3n) is 2.98. The summed E-state index contributed by atoms with van der Waals surface area (Å²) < 4.78 is 44.2. The van der Waals surface area contributed by atoms with Gasteiger partial charge in [-0.3, -0.25) is 0 Å². The largest absolute Gasteiger partial charge is 0.573 e. The van der Waals surface area contributed by atoms with Gasteiger partial charge in [0.25, 0.3) is 0 Å². The standard InChI is InChI=1S/C13H12F3N3OS/c14-13(15,16)20-10-5-1-8(2-6-10)7-17-12-18-11(19-21-12)9-3-4-9/h1-2,5-6,9H,3-4,7H2,(H,17,18,19). The average Bonchev–Trinajstić information content (AvgIpc) is 3.16. The van der Waals surface area contributed by atoms with Crippen molar-refractivity contribution in [3.05, 3.63) is 35.7 Å². The number of nitrogens with one attached hydrogen (secondary N) is 1. The molecule has 0 unspecified atom stereocenters. The molecule has 0 spiro atoms. The maximum atomic E-state index is 12.0. The normalized spacial score (nSPS) is 15.0. The van der Waals surface area contributed by atoms with E-state index in [1.807, 2.05) is 0 Å². The minimum atomic E-state index is -4.66. The van der Waals surface area contributed by atoms with Crippen LogP contribution in [0.4, 0.5) is 18.3 Å². The molecule has 1 aromatic heterocycles. The van der Waals surface area contributed by atoms with Crippen molar-refractivity contribution in [3.8, 4) is 5.75 Å². The summed E-state index contributed by atoms with van der Waals surface area (Å²) in [6.45, 7) is 0.478. The average molecular weight is 315 g/mol. The topological polar surface area (TPSA) is 47.0 Å². The van der Waals surface area contributed by atoms with Gasteiger partial charge in [-0.1, -0.05) is 12.1 Å². The Balaban J connectivity index is 1.54. The lowest BCUT2D eigenvalue weighted by Gasteiger charge is -2.09. The number of ether oxygens (including phenoxy) is 1. The highest BCUT2D eigenvalue weighted by Crippen LogP contribution is 2.39. The number of alkyl halides is 3. The summed E-state index contributed by atoms with van der Waals surface area (Å²) in [6.07, 6.45) is -2.36. The van der Waals surface area contributed by atoms with Crippen LogP contribution in [0, 0.1) is 0 Å². The molecule has 1 N–H and O–H groups in total. The van der Waals surface area contributed by atoms with Crippen LogP contribution in [0.3, 0.4) is 0 Å². The highest BCUT2D eigenvalue weighted by molar-refractivity contribution is 7.09. The molecule has 0 saturated heterocycles. The Morgan fingerprint density at radius 1 is 1.24 bits per heavy atom. The summed E-state index contributed by atoms with van der Waals surface area (Å²) >= 11 is 1.30. The SMILES string of the molecule is FC(F)(F)Oc1ccc(CNc2nc(C3CC3)ns2)cc1. The molecule has 1 aliphatic carbocycles. The number of rotatable bonds is 5. The number of aromatic nitrogens is 2. The first-order valence-electron chi connectivity index (χ1n) is 6.42. The van der Waals surface area contributed by atoms with Crippen molar-refractivity contribution in [3.63, 3.8) is 0 Å². The molecule has 8 heteroatoms. The van der Waals surface area contributed by atoms with Crippen molar-refractivity contribution in [1.82, 2.24) is 9.36 Å². The summed E-state index contributed by atoms with van der Waals surface area (Å²) in [4.78, 5) is 4.38. The zero-order valence-corrected chi connectivity index (χ0v) is 11.7. The third-order valence-corrected chi connectivity index (χ3v) is 3.67. The monoisotopic (exact) mass is 315 g/mol. The zero-order chi connectivity index (χ0) is 14.9. The molecule has 1 fully saturated rings. The summed E-state index contributed by atoms with van der Waals surface area (Å²) in [7, 11) is 0. The van der Waals surface area contributed by atoms with E-state index >= 15 is 0 Å². The van der Waals surface area contributed by atoms with Gasteiger partial charge in [0.2, 0.25) is 5.13 Å². The number of benzene rings is 1. The molecule has 0 amide bonds. The molecule has 0 aliphatic heterocycles. The van der Waals surface area contributed by atoms with E-state index < -0.39 is 6.36 Å². The fourth-order valence-corrected chi connectivity index (χ4v) is 2.44. The minimum absolute atomic E-state index is 0.224. The second kappa shape index (κ2) is 5.51. The van der Waals surface area contributed by atoms with Gasteiger partial charge in [-0.25, -0.2) is 4.98 Å². The molecule has 2 aromatic rings. The fourth-order valence-electron chi connectivity index (χ4n) is 1.80. The summed E-state index contributed by atoms with van der Waals surface area (Å²) in [5, 5.41) is 3.84. The van der Waals surface area contributed by atoms with Gasteiger partial charge in [-0.15, -0.1) is 13.2 Å². The molecule has 4 nitrogen and oxygen atoms in total. The van der Waals surface area contributed by atoms with Crippen LogP contribution in [0.15, 0.2) is 24.3 Å². The van der Waals surface area contributed by atoms with Crippen molar-refractivity contribution in [1.29, 1.82) is 0 Å². The molecule has 1 saturated carbocycles. The van der Waals surface area contributed by atoms with Crippen molar-refractivity contribution in [2.45, 2.75) is 31.7 Å². The minimum Gasteiger partial charge on any atom is -0.406 e. The zero-order valence-electron chi connectivity index (χ0n) is 10.9. The molecule has 3 rings (SSSR count). The van der Waals surface area contributed by atoms with E-state index in [9.17, 15) is 13.2 Å². The van der Waals surface area contributed by atoms with Crippen LogP contribution in [0.5, 0.6) is 5.75 Å². The Bertz CT molecular complexity index is 608. The first-order valence-corrected chi connectivity index (χ1v) is 7.19. The van der Waals surface area contributed by atoms with Crippen LogP contribution >= 0.6 is 11.5 Å². The molecule has 1 aromatic carbocycles. The first kappa shape index (κ1) is 14.1. The summed E-state index contributed by atoms with van der Waals surface area (Å²) in [5.41, 5.74) is 0.840. The lowest BCUT2D eigenvalue weighted by Crippen LogP contribution is -2.17. The predicted octanol–water partition coefficient (Wildman–Crippen LogP) is 3.93. The highest BCUT2D eigenvalue weighted by atomic mass is 32.1. The van der Waals surface area contributed by atoms with E-state index in [0.29, 0.717) is 12.5 Å². The molecule has 0 bridgehead atoms. The number of halogens is 3. The van der Waals surface area contributed by atoms with Crippen molar-refractivity contribution in [2.75, 3.05) is 5.32 Å². The van der Waals surface area contributed by atoms with E-state index in [4.69, 9.17) is 0 Å². The maximum Gasteiger partial charge on any atom is 0.573 e. The van der Waals surface area contributed by atoms with Crippen LogP contribution < -0.4 is 10.1 Å². The second-order valence-electron chi connectivity index (χ2n) is 4.78. The molecule has 112 valence electrons. The Morgan fingerprint density at radius 2 is 1.95 bits per heavy atom. The Hall–Kier alpha value is -1.83. The molecule has 1 heterocycles. The van der Waals surface area contributed by atoms with Crippen molar-refractivity contribution < 1.29 is 17.9 Å². The van der Waals surface area contributed by atoms with Crippen molar-refractivity contribution >= 4 is 16.7 Å². The molecule has 0 radical (unpaired) electrons. The van der Waals surface area contributed by atoms with E-state index in [1.165, 1.54) is 23.7 Å². The maximum absolute atomic E-state index is 12.0. The Labute approximate surface area is 123 Å². The van der Waals surface area contributed by atoms with Gasteiger partial charge < -0.3 is 10.1 Å². The van der Waals surface area contributed by atoms with E-state index in [-0.39, 0.29) is 5.75 Å². The number of hydrogen-bond donors (Lipinski definition) is 1. The van der Waals surface area contributed by atoms with Crippen LogP contribution in [0.1, 0.15) is 30.1 Å². The summed E-state index contributed by atoms with van der Waals surface area (Å²) in [6, 6.07) is 5.74. The van der Waals surface area contributed by atoms with E-state index in [2.05, 4.69) is 19.4 Å². The highest BCUT2D eigenvalue weighted by Gasteiger charge is 2.31. The number of anilines is 1. The van der Waals surface area contributed by atoms with Crippen LogP contribution in [0.2, 0.25) is 0 Å². The lowest BCUT2D eigenvalue weighted by atomic mass is 10.2. The number of hydrogen-bond acceptors (Lipinski definition) is 5. The van der Waals surface area contributed by atoms with Crippen molar-refractivity contribution in [2.24, 2.45) is 0 Å². The van der Waals surface area contributed by atoms with Crippen LogP contribution in [-0.4, -0.2) is 15.7 Å². The Morgan fingerprint density at radius 3 is 2.57 bits per heavy atom. The van der Waals surface area contributed by atoms with Gasteiger partial charge in [0.05, 0.1) is 0 Å². The van der Waals surface area contributed by atoms with Gasteiger partial charge in [-0.2, -0.15) is 4.37 Å². The molecule has 21 heavy (non-hydrogen) atoms. The quantitative estimate of drug-likeness (QED) is 0.908. The smallest absolute Gasteiger partial charge is 0.406 e. The van der Waals surface area contributed by atoms with Gasteiger partial charge in [0.1, 0.15) is 11.6 Å². The third kappa shape index (κ3) is 4.07. The molecule has 0 atom stereocenters.